The summed E-state index contributed by atoms with van der Waals surface area (Å²) < 4.78 is 3.07. The Morgan fingerprint density at radius 2 is 1.94 bits per heavy atom. The van der Waals surface area contributed by atoms with Gasteiger partial charge in [-0.1, -0.05) is 42.5 Å². The van der Waals surface area contributed by atoms with Crippen LogP contribution in [0.1, 0.15) is 41.4 Å². The lowest BCUT2D eigenvalue weighted by Gasteiger charge is -2.33. The molecule has 1 unspecified atom stereocenters. The van der Waals surface area contributed by atoms with Crippen LogP contribution in [-0.2, 0) is 11.3 Å². The van der Waals surface area contributed by atoms with Gasteiger partial charge in [0.05, 0.1) is 29.0 Å². The van der Waals surface area contributed by atoms with Crippen molar-refractivity contribution in [3.63, 3.8) is 0 Å². The van der Waals surface area contributed by atoms with E-state index < -0.39 is 0 Å². The molecular weight excluding hydrogens is 404 g/mol. The molecule has 0 saturated carbocycles. The highest BCUT2D eigenvalue weighted by Gasteiger charge is 2.29. The Hall–Kier alpha value is -3.25. The summed E-state index contributed by atoms with van der Waals surface area (Å²) >= 11 is 1.70. The summed E-state index contributed by atoms with van der Waals surface area (Å²) in [6.45, 7) is 1.49. The highest BCUT2D eigenvalue weighted by molar-refractivity contribution is 7.18. The van der Waals surface area contributed by atoms with Crippen molar-refractivity contribution in [3.05, 3.63) is 89.2 Å². The number of piperidine rings is 1. The lowest BCUT2D eigenvalue weighted by atomic mass is 10.0. The number of amides is 1. The van der Waals surface area contributed by atoms with Crippen LogP contribution in [0.25, 0.3) is 16.3 Å². The molecule has 1 amide bonds. The number of aromatic nitrogens is 3. The van der Waals surface area contributed by atoms with E-state index in [1.54, 1.807) is 23.6 Å². The van der Waals surface area contributed by atoms with Gasteiger partial charge in [0.25, 0.3) is 0 Å². The van der Waals surface area contributed by atoms with Crippen molar-refractivity contribution >= 4 is 33.5 Å². The summed E-state index contributed by atoms with van der Waals surface area (Å²) in [5.74, 6) is 0.0414. The number of nitrogens with zero attached hydrogens (tertiary/aromatic N) is 4. The van der Waals surface area contributed by atoms with Crippen LogP contribution in [0.4, 0.5) is 0 Å². The smallest absolute Gasteiger partial charge is 0.247 e. The minimum atomic E-state index is 0.0414. The Bertz CT molecular complexity index is 1180. The molecule has 5 rings (SSSR count). The van der Waals surface area contributed by atoms with E-state index in [0.29, 0.717) is 6.54 Å². The highest BCUT2D eigenvalue weighted by atomic mass is 32.1. The predicted octanol–water partition coefficient (Wildman–Crippen LogP) is 5.31. The van der Waals surface area contributed by atoms with Crippen LogP contribution in [0, 0.1) is 0 Å². The quantitative estimate of drug-likeness (QED) is 0.405. The molecule has 1 aliphatic heterocycles. The van der Waals surface area contributed by atoms with Gasteiger partial charge in [-0.15, -0.1) is 11.3 Å². The van der Waals surface area contributed by atoms with E-state index in [9.17, 15) is 4.79 Å². The molecule has 4 aromatic rings. The zero-order valence-corrected chi connectivity index (χ0v) is 18.0. The van der Waals surface area contributed by atoms with Gasteiger partial charge in [0.15, 0.2) is 0 Å². The van der Waals surface area contributed by atoms with Gasteiger partial charge in [-0.2, -0.15) is 5.10 Å². The van der Waals surface area contributed by atoms with Gasteiger partial charge in [-0.25, -0.2) is 4.98 Å². The van der Waals surface area contributed by atoms with Crippen molar-refractivity contribution in [1.29, 1.82) is 0 Å². The number of hydrogen-bond acceptors (Lipinski definition) is 4. The topological polar surface area (TPSA) is 51.0 Å². The number of hydrogen-bond donors (Lipinski definition) is 0. The Labute approximate surface area is 185 Å². The summed E-state index contributed by atoms with van der Waals surface area (Å²) in [6, 6.07) is 18.5. The number of rotatable bonds is 5. The number of carbonyl (C=O) groups is 1. The van der Waals surface area contributed by atoms with Crippen molar-refractivity contribution in [2.24, 2.45) is 0 Å². The molecule has 1 aliphatic rings. The molecular formula is C25H24N4OS. The van der Waals surface area contributed by atoms with Crippen LogP contribution >= 0.6 is 11.3 Å². The fourth-order valence-electron chi connectivity index (χ4n) is 4.07. The monoisotopic (exact) mass is 428 g/mol. The number of para-hydroxylation sites is 1. The molecule has 2 aromatic carbocycles. The summed E-state index contributed by atoms with van der Waals surface area (Å²) in [6.07, 6.45) is 10.4. The standard InChI is InChI=1S/C25H24N4OS/c30-24(14-13-20-16-26-28(18-20)17-19-8-2-1-3-9-19)29-15-7-6-11-22(29)25-27-21-10-4-5-12-23(21)31-25/h1-5,8-10,12-14,16,18,22H,6-7,11,15,17H2/b14-13+. The third-order valence-electron chi connectivity index (χ3n) is 5.64. The van der Waals surface area contributed by atoms with Crippen molar-refractivity contribution in [2.45, 2.75) is 31.8 Å². The first-order chi connectivity index (χ1) is 15.3. The molecule has 0 aliphatic carbocycles. The first kappa shape index (κ1) is 19.7. The van der Waals surface area contributed by atoms with Crippen LogP contribution in [0.3, 0.4) is 0 Å². The molecule has 0 N–H and O–H groups in total. The summed E-state index contributed by atoms with van der Waals surface area (Å²) in [5, 5.41) is 5.46. The predicted molar refractivity (Wildman–Crippen MR) is 125 cm³/mol. The average Bonchev–Trinajstić information content (AvgIpc) is 3.45. The number of thiazole rings is 1. The fourth-order valence-corrected chi connectivity index (χ4v) is 5.19. The zero-order chi connectivity index (χ0) is 21.0. The lowest BCUT2D eigenvalue weighted by Crippen LogP contribution is -2.37. The van der Waals surface area contributed by atoms with Crippen LogP contribution in [0.5, 0.6) is 0 Å². The molecule has 2 aromatic heterocycles. The lowest BCUT2D eigenvalue weighted by molar-refractivity contribution is -0.129. The van der Waals surface area contributed by atoms with Crippen LogP contribution < -0.4 is 0 Å². The Morgan fingerprint density at radius 3 is 2.81 bits per heavy atom. The van der Waals surface area contributed by atoms with Gasteiger partial charge >= 0.3 is 0 Å². The molecule has 1 atom stereocenters. The van der Waals surface area contributed by atoms with Crippen LogP contribution in [0.2, 0.25) is 0 Å². The summed E-state index contributed by atoms with van der Waals surface area (Å²) in [7, 11) is 0. The normalized spacial score (nSPS) is 16.9. The molecule has 31 heavy (non-hydrogen) atoms. The van der Waals surface area contributed by atoms with Crippen molar-refractivity contribution in [1.82, 2.24) is 19.7 Å². The van der Waals surface area contributed by atoms with E-state index >= 15 is 0 Å². The number of carbonyl (C=O) groups excluding carboxylic acids is 1. The van der Waals surface area contributed by atoms with Gasteiger partial charge < -0.3 is 4.90 Å². The Morgan fingerprint density at radius 1 is 1.10 bits per heavy atom. The number of likely N-dealkylation sites (tertiary alicyclic amines) is 1. The van der Waals surface area contributed by atoms with Crippen LogP contribution in [0.15, 0.2) is 73.1 Å². The summed E-state index contributed by atoms with van der Waals surface area (Å²) in [4.78, 5) is 19.9. The average molecular weight is 429 g/mol. The SMILES string of the molecule is O=C(/C=C/c1cnn(Cc2ccccc2)c1)N1CCCCC1c1nc2ccccc2s1. The Balaban J connectivity index is 1.30. The molecule has 0 radical (unpaired) electrons. The first-order valence-electron chi connectivity index (χ1n) is 10.7. The van der Waals surface area contributed by atoms with Gasteiger partial charge in [-0.05, 0) is 43.0 Å². The van der Waals surface area contributed by atoms with Gasteiger partial charge in [0.2, 0.25) is 5.91 Å². The van der Waals surface area contributed by atoms with E-state index in [2.05, 4.69) is 23.3 Å². The minimum absolute atomic E-state index is 0.0414. The maximum atomic E-state index is 13.1. The van der Waals surface area contributed by atoms with Gasteiger partial charge in [-0.3, -0.25) is 9.48 Å². The number of fused-ring (bicyclic) bond motifs is 1. The second kappa shape index (κ2) is 8.86. The molecule has 1 fully saturated rings. The Kier molecular flexibility index (Phi) is 5.63. The van der Waals surface area contributed by atoms with E-state index in [-0.39, 0.29) is 11.9 Å². The molecule has 0 spiro atoms. The fraction of sp³-hybridized carbons (Fsp3) is 0.240. The zero-order valence-electron chi connectivity index (χ0n) is 17.2. The van der Waals surface area contributed by atoms with Crippen LogP contribution in [-0.4, -0.2) is 32.1 Å². The van der Waals surface area contributed by atoms with E-state index in [1.165, 1.54) is 10.3 Å². The first-order valence-corrected chi connectivity index (χ1v) is 11.5. The summed E-state index contributed by atoms with van der Waals surface area (Å²) in [5.41, 5.74) is 3.14. The third-order valence-corrected chi connectivity index (χ3v) is 6.78. The van der Waals surface area contributed by atoms with Gasteiger partial charge in [0, 0.05) is 24.4 Å². The molecule has 156 valence electrons. The van der Waals surface area contributed by atoms with E-state index in [0.717, 1.165) is 41.9 Å². The maximum absolute atomic E-state index is 13.1. The molecule has 1 saturated heterocycles. The maximum Gasteiger partial charge on any atom is 0.247 e. The van der Waals surface area contributed by atoms with Crippen molar-refractivity contribution in [2.75, 3.05) is 6.54 Å². The van der Waals surface area contributed by atoms with Crippen molar-refractivity contribution < 1.29 is 4.79 Å². The van der Waals surface area contributed by atoms with Crippen molar-refractivity contribution in [3.8, 4) is 0 Å². The van der Waals surface area contributed by atoms with E-state index in [1.807, 2.05) is 58.3 Å². The second-order valence-corrected chi connectivity index (χ2v) is 8.92. The molecule has 5 nitrogen and oxygen atoms in total. The third kappa shape index (κ3) is 4.44. The molecule has 0 bridgehead atoms. The van der Waals surface area contributed by atoms with E-state index in [4.69, 9.17) is 4.98 Å². The second-order valence-electron chi connectivity index (χ2n) is 7.85. The molecule has 6 heteroatoms. The largest absolute Gasteiger partial charge is 0.330 e. The van der Waals surface area contributed by atoms with Gasteiger partial charge in [0.1, 0.15) is 5.01 Å². The highest BCUT2D eigenvalue weighted by Crippen LogP contribution is 2.35. The minimum Gasteiger partial charge on any atom is -0.330 e. The molecule has 3 heterocycles. The number of benzene rings is 2.